The fraction of sp³-hybridized carbons (Fsp3) is 0.240. The molecular weight excluding hydrogens is 408 g/mol. The molecule has 1 atom stereocenters. The Morgan fingerprint density at radius 1 is 0.871 bits per heavy atom. The topological polar surface area (TPSA) is 75.3 Å². The molecule has 0 saturated carbocycles. The van der Waals surface area contributed by atoms with Crippen LogP contribution in [-0.2, 0) is 10.0 Å². The lowest BCUT2D eigenvalue weighted by atomic mass is 9.96. The maximum Gasteiger partial charge on any atom is 0.261 e. The highest BCUT2D eigenvalue weighted by Gasteiger charge is 2.21. The van der Waals surface area contributed by atoms with E-state index in [4.69, 9.17) is 0 Å². The third-order valence-corrected chi connectivity index (χ3v) is 6.47. The molecule has 0 aromatic heterocycles. The van der Waals surface area contributed by atoms with Crippen molar-refractivity contribution in [3.63, 3.8) is 0 Å². The number of sulfonamides is 1. The van der Waals surface area contributed by atoms with Crippen molar-refractivity contribution in [2.24, 2.45) is 5.92 Å². The minimum absolute atomic E-state index is 0.127. The number of rotatable bonds is 8. The van der Waals surface area contributed by atoms with E-state index in [-0.39, 0.29) is 16.8 Å². The standard InChI is InChI=1S/C25H28N2O3S/c1-18(2)17-24(20-11-6-4-7-12-20)26-25(28)22-15-10-16-23(19(22)3)27-31(29,30)21-13-8-5-9-14-21/h4-16,18,24,27H,17H2,1-3H3,(H,26,28). The van der Waals surface area contributed by atoms with Crippen LogP contribution in [0, 0.1) is 12.8 Å². The Hall–Kier alpha value is -3.12. The van der Waals surface area contributed by atoms with Crippen LogP contribution in [0.3, 0.4) is 0 Å². The second-order valence-electron chi connectivity index (χ2n) is 7.96. The molecule has 0 aliphatic rings. The van der Waals surface area contributed by atoms with Crippen molar-refractivity contribution in [3.05, 3.63) is 95.6 Å². The number of nitrogens with one attached hydrogen (secondary N) is 2. The van der Waals surface area contributed by atoms with Crippen LogP contribution in [0.25, 0.3) is 0 Å². The smallest absolute Gasteiger partial charge is 0.261 e. The molecule has 2 N–H and O–H groups in total. The first-order valence-electron chi connectivity index (χ1n) is 10.3. The molecule has 0 aliphatic heterocycles. The zero-order valence-corrected chi connectivity index (χ0v) is 18.8. The molecule has 0 saturated heterocycles. The van der Waals surface area contributed by atoms with Gasteiger partial charge in [0, 0.05) is 5.56 Å². The third kappa shape index (κ3) is 5.73. The van der Waals surface area contributed by atoms with Crippen LogP contribution in [0.1, 0.15) is 47.8 Å². The summed E-state index contributed by atoms with van der Waals surface area (Å²) in [6.07, 6.45) is 0.801. The second kappa shape index (κ2) is 9.79. The molecule has 31 heavy (non-hydrogen) atoms. The molecule has 0 fully saturated rings. The summed E-state index contributed by atoms with van der Waals surface area (Å²) >= 11 is 0. The van der Waals surface area contributed by atoms with Crippen LogP contribution in [0.15, 0.2) is 83.8 Å². The predicted molar refractivity (Wildman–Crippen MR) is 125 cm³/mol. The quantitative estimate of drug-likeness (QED) is 0.502. The Kier molecular flexibility index (Phi) is 7.13. The molecule has 0 aliphatic carbocycles. The van der Waals surface area contributed by atoms with Gasteiger partial charge in [-0.15, -0.1) is 0 Å². The monoisotopic (exact) mass is 436 g/mol. The first kappa shape index (κ1) is 22.6. The molecule has 6 heteroatoms. The number of benzene rings is 3. The summed E-state index contributed by atoms with van der Waals surface area (Å²) in [7, 11) is -3.74. The van der Waals surface area contributed by atoms with Crippen molar-refractivity contribution in [2.45, 2.75) is 38.1 Å². The summed E-state index contributed by atoms with van der Waals surface area (Å²) in [4.78, 5) is 13.3. The summed E-state index contributed by atoms with van der Waals surface area (Å²) < 4.78 is 28.0. The molecule has 0 bridgehead atoms. The van der Waals surface area contributed by atoms with Gasteiger partial charge in [0.15, 0.2) is 0 Å². The van der Waals surface area contributed by atoms with Gasteiger partial charge in [0.1, 0.15) is 0 Å². The van der Waals surface area contributed by atoms with Crippen LogP contribution < -0.4 is 10.0 Å². The van der Waals surface area contributed by atoms with Crippen LogP contribution in [0.2, 0.25) is 0 Å². The molecule has 0 spiro atoms. The lowest BCUT2D eigenvalue weighted by molar-refractivity contribution is 0.0931. The maximum atomic E-state index is 13.1. The third-order valence-electron chi connectivity index (χ3n) is 5.09. The molecule has 1 amide bonds. The van der Waals surface area contributed by atoms with Gasteiger partial charge in [-0.3, -0.25) is 9.52 Å². The Morgan fingerprint density at radius 2 is 1.48 bits per heavy atom. The zero-order chi connectivity index (χ0) is 22.4. The number of hydrogen-bond acceptors (Lipinski definition) is 3. The van der Waals surface area contributed by atoms with Gasteiger partial charge in [-0.2, -0.15) is 0 Å². The van der Waals surface area contributed by atoms with E-state index < -0.39 is 10.0 Å². The Bertz CT molecular complexity index is 1130. The van der Waals surface area contributed by atoms with Crippen molar-refractivity contribution in [2.75, 3.05) is 4.72 Å². The van der Waals surface area contributed by atoms with Gasteiger partial charge in [-0.25, -0.2) is 8.42 Å². The molecular formula is C25H28N2O3S. The molecule has 3 aromatic rings. The largest absolute Gasteiger partial charge is 0.345 e. The Morgan fingerprint density at radius 3 is 2.10 bits per heavy atom. The molecule has 5 nitrogen and oxygen atoms in total. The number of amides is 1. The van der Waals surface area contributed by atoms with E-state index in [0.29, 0.717) is 22.7 Å². The van der Waals surface area contributed by atoms with Crippen LogP contribution in [0.5, 0.6) is 0 Å². The Balaban J connectivity index is 1.85. The van der Waals surface area contributed by atoms with Crippen LogP contribution in [-0.4, -0.2) is 14.3 Å². The minimum Gasteiger partial charge on any atom is -0.345 e. The average molecular weight is 437 g/mol. The van der Waals surface area contributed by atoms with Gasteiger partial charge in [0.05, 0.1) is 16.6 Å². The number of hydrogen-bond donors (Lipinski definition) is 2. The van der Waals surface area contributed by atoms with E-state index in [1.807, 2.05) is 30.3 Å². The maximum absolute atomic E-state index is 13.1. The van der Waals surface area contributed by atoms with Gasteiger partial charge in [0.2, 0.25) is 0 Å². The van der Waals surface area contributed by atoms with Gasteiger partial charge in [0.25, 0.3) is 15.9 Å². The number of carbonyl (C=O) groups is 1. The number of anilines is 1. The minimum atomic E-state index is -3.74. The van der Waals surface area contributed by atoms with Crippen molar-refractivity contribution >= 4 is 21.6 Å². The molecule has 0 heterocycles. The predicted octanol–water partition coefficient (Wildman–Crippen LogP) is 5.31. The first-order chi connectivity index (χ1) is 14.8. The average Bonchev–Trinajstić information content (AvgIpc) is 2.75. The van der Waals surface area contributed by atoms with E-state index in [2.05, 4.69) is 23.9 Å². The molecule has 3 aromatic carbocycles. The van der Waals surface area contributed by atoms with E-state index in [1.165, 1.54) is 12.1 Å². The van der Waals surface area contributed by atoms with Crippen molar-refractivity contribution in [1.82, 2.24) is 5.32 Å². The summed E-state index contributed by atoms with van der Waals surface area (Å²) in [6.45, 7) is 5.98. The highest BCUT2D eigenvalue weighted by Crippen LogP contribution is 2.25. The Labute approximate surface area is 184 Å². The van der Waals surface area contributed by atoms with E-state index in [1.54, 1.807) is 43.3 Å². The zero-order valence-electron chi connectivity index (χ0n) is 18.0. The molecule has 162 valence electrons. The van der Waals surface area contributed by atoms with Gasteiger partial charge in [-0.1, -0.05) is 68.4 Å². The second-order valence-corrected chi connectivity index (χ2v) is 9.65. The van der Waals surface area contributed by atoms with E-state index in [0.717, 1.165) is 12.0 Å². The van der Waals surface area contributed by atoms with E-state index >= 15 is 0 Å². The molecule has 0 radical (unpaired) electrons. The molecule has 1 unspecified atom stereocenters. The number of carbonyl (C=O) groups excluding carboxylic acids is 1. The van der Waals surface area contributed by atoms with E-state index in [9.17, 15) is 13.2 Å². The van der Waals surface area contributed by atoms with Crippen LogP contribution in [0.4, 0.5) is 5.69 Å². The highest BCUT2D eigenvalue weighted by molar-refractivity contribution is 7.92. The fourth-order valence-corrected chi connectivity index (χ4v) is 4.61. The summed E-state index contributed by atoms with van der Waals surface area (Å²) in [6, 6.07) is 23.0. The van der Waals surface area contributed by atoms with Crippen molar-refractivity contribution in [3.8, 4) is 0 Å². The van der Waals surface area contributed by atoms with Gasteiger partial charge < -0.3 is 5.32 Å². The fourth-order valence-electron chi connectivity index (χ4n) is 3.47. The van der Waals surface area contributed by atoms with Gasteiger partial charge in [-0.05, 0) is 54.7 Å². The summed E-state index contributed by atoms with van der Waals surface area (Å²) in [5.74, 6) is 0.170. The first-order valence-corrected chi connectivity index (χ1v) is 11.8. The normalized spacial score (nSPS) is 12.4. The highest BCUT2D eigenvalue weighted by atomic mass is 32.2. The van der Waals surface area contributed by atoms with Crippen molar-refractivity contribution < 1.29 is 13.2 Å². The summed E-state index contributed by atoms with van der Waals surface area (Å²) in [5, 5.41) is 3.13. The lowest BCUT2D eigenvalue weighted by Crippen LogP contribution is -2.30. The van der Waals surface area contributed by atoms with Crippen molar-refractivity contribution in [1.29, 1.82) is 0 Å². The summed E-state index contributed by atoms with van der Waals surface area (Å²) in [5.41, 5.74) is 2.45. The van der Waals surface area contributed by atoms with Crippen LogP contribution >= 0.6 is 0 Å². The lowest BCUT2D eigenvalue weighted by Gasteiger charge is -2.22. The van der Waals surface area contributed by atoms with Gasteiger partial charge >= 0.3 is 0 Å². The molecule has 3 rings (SSSR count). The SMILES string of the molecule is Cc1c(NS(=O)(=O)c2ccccc2)cccc1C(=O)NC(CC(C)C)c1ccccc1.